The number of imide groups is 1. The van der Waals surface area contributed by atoms with Gasteiger partial charge >= 0.3 is 6.03 Å². The number of nitrogens with one attached hydrogen (secondary N) is 1. The number of alkyl halides is 1. The van der Waals surface area contributed by atoms with Crippen LogP contribution in [0.5, 0.6) is 0 Å². The monoisotopic (exact) mass is 176 g/mol. The van der Waals surface area contributed by atoms with E-state index in [1.807, 2.05) is 0 Å². The standard InChI is InChI=1S/C6H9ClN2O2/c1-6(2)4(10)9(3-7)5(11)8-6/h3H2,1-2H3,(H,8,11). The zero-order chi connectivity index (χ0) is 8.65. The van der Waals surface area contributed by atoms with Crippen LogP contribution in [-0.4, -0.2) is 28.4 Å². The van der Waals surface area contributed by atoms with Gasteiger partial charge in [-0.3, -0.25) is 4.79 Å². The van der Waals surface area contributed by atoms with Gasteiger partial charge in [0.25, 0.3) is 5.91 Å². The van der Waals surface area contributed by atoms with Gasteiger partial charge in [0, 0.05) is 0 Å². The van der Waals surface area contributed by atoms with Gasteiger partial charge in [-0.2, -0.15) is 0 Å². The van der Waals surface area contributed by atoms with E-state index in [1.54, 1.807) is 13.8 Å². The maximum Gasteiger partial charge on any atom is 0.326 e. The van der Waals surface area contributed by atoms with Gasteiger partial charge in [-0.15, -0.1) is 11.6 Å². The molecule has 0 saturated carbocycles. The van der Waals surface area contributed by atoms with Gasteiger partial charge in [0.05, 0.1) is 0 Å². The number of carbonyl (C=O) groups is 2. The lowest BCUT2D eigenvalue weighted by atomic mass is 10.1. The van der Waals surface area contributed by atoms with E-state index in [9.17, 15) is 9.59 Å². The van der Waals surface area contributed by atoms with Gasteiger partial charge in [-0.05, 0) is 13.8 Å². The number of rotatable bonds is 1. The highest BCUT2D eigenvalue weighted by Crippen LogP contribution is 2.16. The van der Waals surface area contributed by atoms with Crippen molar-refractivity contribution in [2.24, 2.45) is 0 Å². The molecule has 11 heavy (non-hydrogen) atoms. The molecule has 1 heterocycles. The Morgan fingerprint density at radius 1 is 1.55 bits per heavy atom. The van der Waals surface area contributed by atoms with Crippen molar-refractivity contribution in [2.45, 2.75) is 19.4 Å². The maximum absolute atomic E-state index is 11.2. The Morgan fingerprint density at radius 2 is 2.09 bits per heavy atom. The van der Waals surface area contributed by atoms with Crippen molar-refractivity contribution in [1.82, 2.24) is 10.2 Å². The van der Waals surface area contributed by atoms with E-state index >= 15 is 0 Å². The van der Waals surface area contributed by atoms with Crippen molar-refractivity contribution in [2.75, 3.05) is 6.00 Å². The third-order valence-corrected chi connectivity index (χ3v) is 1.80. The minimum atomic E-state index is -0.800. The molecule has 0 aliphatic carbocycles. The number of hydrogen-bond donors (Lipinski definition) is 1. The average molecular weight is 177 g/mol. The molecule has 1 rings (SSSR count). The number of nitrogens with zero attached hydrogens (tertiary/aromatic N) is 1. The summed E-state index contributed by atoms with van der Waals surface area (Å²) >= 11 is 5.37. The fourth-order valence-electron chi connectivity index (χ4n) is 0.926. The summed E-state index contributed by atoms with van der Waals surface area (Å²) in [6.45, 7) is 3.28. The predicted molar refractivity (Wildman–Crippen MR) is 40.2 cm³/mol. The van der Waals surface area contributed by atoms with Gasteiger partial charge in [0.1, 0.15) is 11.5 Å². The van der Waals surface area contributed by atoms with Gasteiger partial charge in [0.15, 0.2) is 0 Å². The molecule has 0 bridgehead atoms. The van der Waals surface area contributed by atoms with E-state index in [0.717, 1.165) is 4.90 Å². The van der Waals surface area contributed by atoms with Crippen molar-refractivity contribution in [3.63, 3.8) is 0 Å². The van der Waals surface area contributed by atoms with Crippen molar-refractivity contribution >= 4 is 23.5 Å². The van der Waals surface area contributed by atoms with E-state index in [-0.39, 0.29) is 11.9 Å². The fraction of sp³-hybridized carbons (Fsp3) is 0.667. The molecule has 1 aliphatic heterocycles. The van der Waals surface area contributed by atoms with Crippen molar-refractivity contribution in [1.29, 1.82) is 0 Å². The van der Waals surface area contributed by atoms with Crippen LogP contribution in [0.1, 0.15) is 13.8 Å². The highest BCUT2D eigenvalue weighted by atomic mass is 35.5. The molecule has 4 nitrogen and oxygen atoms in total. The molecular weight excluding hydrogens is 168 g/mol. The lowest BCUT2D eigenvalue weighted by molar-refractivity contribution is -0.129. The number of amides is 3. The normalized spacial score (nSPS) is 22.3. The first kappa shape index (κ1) is 8.33. The first-order chi connectivity index (χ1) is 4.99. The number of halogens is 1. The molecule has 0 radical (unpaired) electrons. The zero-order valence-corrected chi connectivity index (χ0v) is 7.10. The second-order valence-electron chi connectivity index (χ2n) is 2.91. The van der Waals surface area contributed by atoms with E-state index in [1.165, 1.54) is 0 Å². The molecule has 3 amide bonds. The molecule has 0 aromatic rings. The van der Waals surface area contributed by atoms with Crippen LogP contribution in [0.25, 0.3) is 0 Å². The number of carbonyl (C=O) groups excluding carboxylic acids is 2. The molecular formula is C6H9ClN2O2. The van der Waals surface area contributed by atoms with Crippen LogP contribution < -0.4 is 5.32 Å². The van der Waals surface area contributed by atoms with Crippen LogP contribution in [0.4, 0.5) is 4.79 Å². The molecule has 0 aromatic carbocycles. The first-order valence-electron chi connectivity index (χ1n) is 3.19. The Bertz CT molecular complexity index is 215. The maximum atomic E-state index is 11.2. The molecule has 1 saturated heterocycles. The smallest absolute Gasteiger partial charge is 0.324 e. The van der Waals surface area contributed by atoms with Crippen molar-refractivity contribution < 1.29 is 9.59 Å². The molecule has 0 atom stereocenters. The lowest BCUT2D eigenvalue weighted by Gasteiger charge is -2.13. The third kappa shape index (κ3) is 1.18. The first-order valence-corrected chi connectivity index (χ1v) is 3.72. The third-order valence-electron chi connectivity index (χ3n) is 1.56. The van der Waals surface area contributed by atoms with Crippen LogP contribution >= 0.6 is 11.6 Å². The Hall–Kier alpha value is -0.770. The minimum absolute atomic E-state index is 0.0892. The summed E-state index contributed by atoms with van der Waals surface area (Å²) in [5.74, 6) is -0.280. The molecule has 0 unspecified atom stereocenters. The minimum Gasteiger partial charge on any atom is -0.324 e. The summed E-state index contributed by atoms with van der Waals surface area (Å²) in [6.07, 6.45) is 0. The molecule has 1 aliphatic rings. The average Bonchev–Trinajstić information content (AvgIpc) is 2.04. The van der Waals surface area contributed by atoms with E-state index < -0.39 is 11.6 Å². The zero-order valence-electron chi connectivity index (χ0n) is 6.35. The van der Waals surface area contributed by atoms with E-state index in [0.29, 0.717) is 0 Å². The van der Waals surface area contributed by atoms with Crippen LogP contribution in [0, 0.1) is 0 Å². The second-order valence-corrected chi connectivity index (χ2v) is 3.15. The van der Waals surface area contributed by atoms with Crippen molar-refractivity contribution in [3.05, 3.63) is 0 Å². The predicted octanol–water partition coefficient (Wildman–Crippen LogP) is 0.513. The van der Waals surface area contributed by atoms with Crippen LogP contribution in [0.15, 0.2) is 0 Å². The molecule has 0 aromatic heterocycles. The van der Waals surface area contributed by atoms with E-state index in [2.05, 4.69) is 5.32 Å². The Labute approximate surface area is 69.5 Å². The van der Waals surface area contributed by atoms with Crippen molar-refractivity contribution in [3.8, 4) is 0 Å². The lowest BCUT2D eigenvalue weighted by Crippen LogP contribution is -2.40. The van der Waals surface area contributed by atoms with Crippen LogP contribution in [0.3, 0.4) is 0 Å². The fourth-order valence-corrected chi connectivity index (χ4v) is 1.14. The number of hydrogen-bond acceptors (Lipinski definition) is 2. The Balaban J connectivity index is 2.88. The van der Waals surface area contributed by atoms with Gasteiger partial charge < -0.3 is 5.32 Å². The molecule has 1 N–H and O–H groups in total. The van der Waals surface area contributed by atoms with Crippen LogP contribution in [-0.2, 0) is 4.79 Å². The summed E-state index contributed by atoms with van der Waals surface area (Å²) in [6, 6.07) is -0.510. The summed E-state index contributed by atoms with van der Waals surface area (Å²) in [5, 5.41) is 2.50. The van der Waals surface area contributed by atoms with Gasteiger partial charge in [0.2, 0.25) is 0 Å². The summed E-state index contributed by atoms with van der Waals surface area (Å²) in [7, 11) is 0. The summed E-state index contributed by atoms with van der Waals surface area (Å²) in [5.41, 5.74) is -0.800. The second kappa shape index (κ2) is 2.37. The Morgan fingerprint density at radius 3 is 2.27 bits per heavy atom. The number of urea groups is 1. The topological polar surface area (TPSA) is 49.4 Å². The van der Waals surface area contributed by atoms with Gasteiger partial charge in [-0.1, -0.05) is 0 Å². The Kier molecular flexibility index (Phi) is 1.80. The quantitative estimate of drug-likeness (QED) is 0.360. The highest BCUT2D eigenvalue weighted by molar-refractivity contribution is 6.21. The highest BCUT2D eigenvalue weighted by Gasteiger charge is 2.43. The largest absolute Gasteiger partial charge is 0.326 e. The molecule has 5 heteroatoms. The van der Waals surface area contributed by atoms with E-state index in [4.69, 9.17) is 11.6 Å². The molecule has 0 spiro atoms. The molecule has 1 fully saturated rings. The van der Waals surface area contributed by atoms with Crippen LogP contribution in [0.2, 0.25) is 0 Å². The SMILES string of the molecule is CC1(C)NC(=O)N(CCl)C1=O. The van der Waals surface area contributed by atoms with Gasteiger partial charge in [-0.25, -0.2) is 9.69 Å². The summed E-state index contributed by atoms with van der Waals surface area (Å²) < 4.78 is 0. The molecule has 62 valence electrons. The summed E-state index contributed by atoms with van der Waals surface area (Å²) in [4.78, 5) is 23.1.